The number of para-hydroxylation sites is 1. The second-order valence-corrected chi connectivity index (χ2v) is 7.07. The van der Waals surface area contributed by atoms with Crippen molar-refractivity contribution in [1.82, 2.24) is 4.98 Å². The number of rotatable bonds is 3. The first-order chi connectivity index (χ1) is 11.3. The van der Waals surface area contributed by atoms with E-state index in [-0.39, 0.29) is 6.10 Å². The lowest BCUT2D eigenvalue weighted by Crippen LogP contribution is -2.15. The smallest absolute Gasteiger partial charge is 0.0975 e. The molecule has 1 aromatic heterocycles. The Morgan fingerprint density at radius 3 is 2.91 bits per heavy atom. The zero-order valence-corrected chi connectivity index (χ0v) is 14.8. The number of ether oxygens (including phenoxy) is 1. The van der Waals surface area contributed by atoms with Crippen LogP contribution in [0.4, 0.5) is 0 Å². The molecule has 0 fully saturated rings. The third kappa shape index (κ3) is 2.62. The van der Waals surface area contributed by atoms with Gasteiger partial charge in [0.2, 0.25) is 0 Å². The summed E-state index contributed by atoms with van der Waals surface area (Å²) in [5, 5.41) is 1.35. The SMILES string of the molecule is CCCC1OCCc2c1[nH]c1c(-c3cccc(Br)c3)cccc21. The Morgan fingerprint density at radius 1 is 1.22 bits per heavy atom. The molecule has 0 aliphatic carbocycles. The second-order valence-electron chi connectivity index (χ2n) is 6.15. The lowest BCUT2D eigenvalue weighted by atomic mass is 9.98. The van der Waals surface area contributed by atoms with Crippen molar-refractivity contribution in [2.45, 2.75) is 32.3 Å². The Balaban J connectivity index is 1.91. The van der Waals surface area contributed by atoms with Gasteiger partial charge in [0, 0.05) is 21.1 Å². The number of benzene rings is 2. The average Bonchev–Trinajstić information content (AvgIpc) is 2.95. The minimum Gasteiger partial charge on any atom is -0.372 e. The van der Waals surface area contributed by atoms with Crippen LogP contribution in [0.2, 0.25) is 0 Å². The number of aromatic nitrogens is 1. The second kappa shape index (κ2) is 6.14. The Bertz CT molecular complexity index is 852. The van der Waals surface area contributed by atoms with Crippen LogP contribution in [-0.4, -0.2) is 11.6 Å². The first kappa shape index (κ1) is 15.0. The molecular weight excluding hydrogens is 350 g/mol. The first-order valence-corrected chi connectivity index (χ1v) is 9.08. The van der Waals surface area contributed by atoms with Crippen LogP contribution in [0.25, 0.3) is 22.0 Å². The van der Waals surface area contributed by atoms with Gasteiger partial charge in [-0.1, -0.05) is 59.6 Å². The molecule has 1 aliphatic rings. The van der Waals surface area contributed by atoms with Gasteiger partial charge in [0.05, 0.1) is 18.2 Å². The molecule has 0 radical (unpaired) electrons. The molecule has 0 saturated carbocycles. The van der Waals surface area contributed by atoms with Gasteiger partial charge in [-0.25, -0.2) is 0 Å². The van der Waals surface area contributed by atoms with Crippen molar-refractivity contribution in [3.8, 4) is 11.1 Å². The standard InChI is InChI=1S/C20H20BrNO/c1-2-5-18-20-17(10-11-23-18)16-9-4-8-15(19(16)22-20)13-6-3-7-14(21)12-13/h3-4,6-9,12,18,22H,2,5,10-11H2,1H3. The molecule has 0 bridgehead atoms. The number of fused-ring (bicyclic) bond motifs is 3. The van der Waals surface area contributed by atoms with Crippen molar-refractivity contribution in [2.24, 2.45) is 0 Å². The highest BCUT2D eigenvalue weighted by molar-refractivity contribution is 9.10. The summed E-state index contributed by atoms with van der Waals surface area (Å²) in [5.74, 6) is 0. The highest BCUT2D eigenvalue weighted by Gasteiger charge is 2.25. The summed E-state index contributed by atoms with van der Waals surface area (Å²) in [6.45, 7) is 3.04. The molecule has 118 valence electrons. The molecule has 2 aromatic carbocycles. The van der Waals surface area contributed by atoms with E-state index in [9.17, 15) is 0 Å². The van der Waals surface area contributed by atoms with Crippen LogP contribution < -0.4 is 0 Å². The van der Waals surface area contributed by atoms with E-state index < -0.39 is 0 Å². The molecule has 0 spiro atoms. The lowest BCUT2D eigenvalue weighted by Gasteiger charge is -2.22. The number of H-pyrrole nitrogens is 1. The van der Waals surface area contributed by atoms with Crippen molar-refractivity contribution in [2.75, 3.05) is 6.61 Å². The molecule has 1 unspecified atom stereocenters. The van der Waals surface area contributed by atoms with Crippen molar-refractivity contribution in [1.29, 1.82) is 0 Å². The predicted molar refractivity (Wildman–Crippen MR) is 98.7 cm³/mol. The highest BCUT2D eigenvalue weighted by atomic mass is 79.9. The van der Waals surface area contributed by atoms with Crippen LogP contribution in [-0.2, 0) is 11.2 Å². The van der Waals surface area contributed by atoms with Gasteiger partial charge in [0.1, 0.15) is 0 Å². The Morgan fingerprint density at radius 2 is 2.09 bits per heavy atom. The third-order valence-corrected chi connectivity index (χ3v) is 5.15. The van der Waals surface area contributed by atoms with E-state index in [4.69, 9.17) is 4.74 Å². The van der Waals surface area contributed by atoms with Gasteiger partial charge in [0.15, 0.2) is 0 Å². The molecule has 0 amide bonds. The first-order valence-electron chi connectivity index (χ1n) is 8.29. The van der Waals surface area contributed by atoms with Crippen LogP contribution >= 0.6 is 15.9 Å². The Labute approximate surface area is 145 Å². The lowest BCUT2D eigenvalue weighted by molar-refractivity contribution is 0.0339. The van der Waals surface area contributed by atoms with Gasteiger partial charge >= 0.3 is 0 Å². The molecule has 0 saturated heterocycles. The molecule has 1 N–H and O–H groups in total. The Hall–Kier alpha value is -1.58. The fourth-order valence-electron chi connectivity index (χ4n) is 3.61. The summed E-state index contributed by atoms with van der Waals surface area (Å²) < 4.78 is 7.11. The van der Waals surface area contributed by atoms with Crippen LogP contribution in [0.3, 0.4) is 0 Å². The van der Waals surface area contributed by atoms with Crippen LogP contribution in [0.15, 0.2) is 46.9 Å². The number of hydrogen-bond acceptors (Lipinski definition) is 1. The predicted octanol–water partition coefficient (Wildman–Crippen LogP) is 6.01. The average molecular weight is 370 g/mol. The summed E-state index contributed by atoms with van der Waals surface area (Å²) in [4.78, 5) is 3.70. The van der Waals surface area contributed by atoms with Gasteiger partial charge in [-0.05, 0) is 36.1 Å². The van der Waals surface area contributed by atoms with Crippen molar-refractivity contribution in [3.05, 3.63) is 58.2 Å². The number of nitrogens with one attached hydrogen (secondary N) is 1. The molecule has 2 nitrogen and oxygen atoms in total. The van der Waals surface area contributed by atoms with Gasteiger partial charge < -0.3 is 9.72 Å². The summed E-state index contributed by atoms with van der Waals surface area (Å²) in [6, 6.07) is 15.1. The van der Waals surface area contributed by atoms with E-state index in [0.29, 0.717) is 0 Å². The van der Waals surface area contributed by atoms with Gasteiger partial charge in [0.25, 0.3) is 0 Å². The summed E-state index contributed by atoms with van der Waals surface area (Å²) in [7, 11) is 0. The monoisotopic (exact) mass is 369 g/mol. The molecule has 23 heavy (non-hydrogen) atoms. The van der Waals surface area contributed by atoms with E-state index >= 15 is 0 Å². The van der Waals surface area contributed by atoms with E-state index in [1.54, 1.807) is 0 Å². The molecular formula is C20H20BrNO. The van der Waals surface area contributed by atoms with Gasteiger partial charge in [-0.3, -0.25) is 0 Å². The largest absolute Gasteiger partial charge is 0.372 e. The maximum absolute atomic E-state index is 6.00. The minimum atomic E-state index is 0.214. The third-order valence-electron chi connectivity index (χ3n) is 4.65. The zero-order valence-electron chi connectivity index (χ0n) is 13.2. The van der Waals surface area contributed by atoms with Crippen molar-refractivity contribution in [3.63, 3.8) is 0 Å². The highest BCUT2D eigenvalue weighted by Crippen LogP contribution is 2.38. The quantitative estimate of drug-likeness (QED) is 0.600. The van der Waals surface area contributed by atoms with E-state index in [2.05, 4.69) is 70.3 Å². The molecule has 3 heteroatoms. The number of hydrogen-bond donors (Lipinski definition) is 1. The van der Waals surface area contributed by atoms with Crippen molar-refractivity contribution < 1.29 is 4.74 Å². The zero-order chi connectivity index (χ0) is 15.8. The van der Waals surface area contributed by atoms with Gasteiger partial charge in [-0.15, -0.1) is 0 Å². The summed E-state index contributed by atoms with van der Waals surface area (Å²) >= 11 is 3.58. The topological polar surface area (TPSA) is 25.0 Å². The fraction of sp³-hybridized carbons (Fsp3) is 0.300. The van der Waals surface area contributed by atoms with Crippen LogP contribution in [0.1, 0.15) is 37.1 Å². The summed E-state index contributed by atoms with van der Waals surface area (Å²) in [5.41, 5.74) is 6.46. The van der Waals surface area contributed by atoms with E-state index in [1.807, 2.05) is 0 Å². The molecule has 1 atom stereocenters. The van der Waals surface area contributed by atoms with E-state index in [0.717, 1.165) is 30.3 Å². The fourth-order valence-corrected chi connectivity index (χ4v) is 4.01. The van der Waals surface area contributed by atoms with Crippen LogP contribution in [0.5, 0.6) is 0 Å². The molecule has 2 heterocycles. The van der Waals surface area contributed by atoms with Crippen molar-refractivity contribution >= 4 is 26.8 Å². The van der Waals surface area contributed by atoms with E-state index in [1.165, 1.54) is 33.3 Å². The summed E-state index contributed by atoms with van der Waals surface area (Å²) in [6.07, 6.45) is 3.42. The molecule has 1 aliphatic heterocycles. The van der Waals surface area contributed by atoms with Crippen LogP contribution in [0, 0.1) is 0 Å². The van der Waals surface area contributed by atoms with Gasteiger partial charge in [-0.2, -0.15) is 0 Å². The number of aromatic amines is 1. The Kier molecular flexibility index (Phi) is 4.00. The maximum Gasteiger partial charge on any atom is 0.0975 e. The normalized spacial score (nSPS) is 17.4. The maximum atomic E-state index is 6.00. The number of halogens is 1. The minimum absolute atomic E-state index is 0.214. The molecule has 3 aromatic rings. The molecule has 4 rings (SSSR count).